The topological polar surface area (TPSA) is 71.5 Å². The Kier molecular flexibility index (Phi) is 4.25. The molecule has 0 saturated carbocycles. The molecule has 0 saturated heterocycles. The minimum atomic E-state index is -0.598. The molecule has 0 aliphatic rings. The summed E-state index contributed by atoms with van der Waals surface area (Å²) in [6.45, 7) is 0. The minimum absolute atomic E-state index is 0.598. The number of rotatable bonds is 4. The van der Waals surface area contributed by atoms with E-state index in [1.807, 2.05) is 12.1 Å². The van der Waals surface area contributed by atoms with Gasteiger partial charge in [-0.3, -0.25) is 15.0 Å². The van der Waals surface area contributed by atoms with Gasteiger partial charge in [0, 0.05) is 24.0 Å². The number of nitrogens with zero attached hydrogens (tertiary/aromatic N) is 1. The van der Waals surface area contributed by atoms with Gasteiger partial charge < -0.3 is 4.74 Å². The number of nitrogens with one attached hydrogen (secondary N) is 1. The fourth-order valence-electron chi connectivity index (χ4n) is 1.45. The van der Waals surface area contributed by atoms with Crippen molar-refractivity contribution in [2.75, 3.05) is 0 Å². The second-order valence-corrected chi connectivity index (χ2v) is 3.63. The molecule has 0 radical (unpaired) electrons. The van der Waals surface area contributed by atoms with Crippen molar-refractivity contribution < 1.29 is 14.7 Å². The van der Waals surface area contributed by atoms with E-state index >= 15 is 0 Å². The van der Waals surface area contributed by atoms with Gasteiger partial charge in [-0.25, -0.2) is 5.48 Å². The monoisotopic (exact) mass is 256 g/mol. The zero-order valence-electron chi connectivity index (χ0n) is 9.98. The molecule has 1 aromatic heterocycles. The summed E-state index contributed by atoms with van der Waals surface area (Å²) in [5.41, 5.74) is 2.25. The van der Waals surface area contributed by atoms with Gasteiger partial charge in [0.1, 0.15) is 11.5 Å². The second-order valence-electron chi connectivity index (χ2n) is 3.63. The largest absolute Gasteiger partial charge is 0.457 e. The van der Waals surface area contributed by atoms with Gasteiger partial charge in [-0.1, -0.05) is 18.2 Å². The average Bonchev–Trinajstić information content (AvgIpc) is 2.47. The lowest BCUT2D eigenvalue weighted by Crippen LogP contribution is -2.14. The zero-order chi connectivity index (χ0) is 13.5. The zero-order valence-corrected chi connectivity index (χ0v) is 9.98. The molecule has 0 atom stereocenters. The molecule has 2 rings (SSSR count). The highest BCUT2D eigenvalue weighted by Crippen LogP contribution is 2.25. The third-order valence-corrected chi connectivity index (χ3v) is 2.32. The van der Waals surface area contributed by atoms with E-state index in [1.165, 1.54) is 11.6 Å². The third-order valence-electron chi connectivity index (χ3n) is 2.32. The minimum Gasteiger partial charge on any atom is -0.457 e. The summed E-state index contributed by atoms with van der Waals surface area (Å²) in [6, 6.07) is 10.7. The van der Waals surface area contributed by atoms with E-state index in [-0.39, 0.29) is 0 Å². The smallest absolute Gasteiger partial charge is 0.267 e. The van der Waals surface area contributed by atoms with Crippen LogP contribution >= 0.6 is 0 Å². The molecule has 0 spiro atoms. The van der Waals surface area contributed by atoms with Crippen molar-refractivity contribution in [3.8, 4) is 11.5 Å². The molecular formula is C14H12N2O3. The van der Waals surface area contributed by atoms with Crippen LogP contribution < -0.4 is 10.2 Å². The first-order chi connectivity index (χ1) is 9.29. The number of hydroxylamine groups is 1. The van der Waals surface area contributed by atoms with Crippen LogP contribution in [0.1, 0.15) is 5.56 Å². The molecule has 1 heterocycles. The fourth-order valence-corrected chi connectivity index (χ4v) is 1.45. The lowest BCUT2D eigenvalue weighted by atomic mass is 10.2. The first kappa shape index (κ1) is 12.8. The summed E-state index contributed by atoms with van der Waals surface area (Å²) >= 11 is 0. The number of aromatic nitrogens is 1. The molecule has 96 valence electrons. The predicted octanol–water partition coefficient (Wildman–Crippen LogP) is 2.39. The van der Waals surface area contributed by atoms with Crippen molar-refractivity contribution in [3.63, 3.8) is 0 Å². The molecule has 0 aliphatic heterocycles. The van der Waals surface area contributed by atoms with Gasteiger partial charge in [-0.05, 0) is 24.3 Å². The quantitative estimate of drug-likeness (QED) is 0.500. The van der Waals surface area contributed by atoms with E-state index in [9.17, 15) is 4.79 Å². The summed E-state index contributed by atoms with van der Waals surface area (Å²) in [5, 5.41) is 8.43. The summed E-state index contributed by atoms with van der Waals surface area (Å²) in [6.07, 6.45) is 6.04. The van der Waals surface area contributed by atoms with Gasteiger partial charge in [0.05, 0.1) is 0 Å². The SMILES string of the molecule is O=C(/C=C/c1ccccc1Oc1ccncc1)NO. The number of carbonyl (C=O) groups excluding carboxylic acids is 1. The summed E-state index contributed by atoms with van der Waals surface area (Å²) in [7, 11) is 0. The number of hydrogen-bond donors (Lipinski definition) is 2. The van der Waals surface area contributed by atoms with Crippen molar-refractivity contribution in [1.82, 2.24) is 10.5 Å². The summed E-state index contributed by atoms with van der Waals surface area (Å²) < 4.78 is 5.69. The van der Waals surface area contributed by atoms with Crippen LogP contribution in [0, 0.1) is 0 Å². The van der Waals surface area contributed by atoms with Crippen molar-refractivity contribution in [2.45, 2.75) is 0 Å². The van der Waals surface area contributed by atoms with Crippen LogP contribution in [0.15, 0.2) is 54.9 Å². The molecule has 0 unspecified atom stereocenters. The Bertz CT molecular complexity index is 582. The van der Waals surface area contributed by atoms with Crippen LogP contribution in [0.3, 0.4) is 0 Å². The fraction of sp³-hybridized carbons (Fsp3) is 0. The van der Waals surface area contributed by atoms with Crippen LogP contribution in [-0.4, -0.2) is 16.1 Å². The van der Waals surface area contributed by atoms with E-state index in [0.29, 0.717) is 11.5 Å². The maximum absolute atomic E-state index is 11.0. The van der Waals surface area contributed by atoms with Crippen LogP contribution in [0.5, 0.6) is 11.5 Å². The highest BCUT2D eigenvalue weighted by Gasteiger charge is 2.02. The molecule has 0 bridgehead atoms. The van der Waals surface area contributed by atoms with Gasteiger partial charge in [0.25, 0.3) is 5.91 Å². The molecule has 1 amide bonds. The first-order valence-corrected chi connectivity index (χ1v) is 5.58. The molecule has 1 aromatic carbocycles. The van der Waals surface area contributed by atoms with E-state index in [0.717, 1.165) is 5.56 Å². The Morgan fingerprint density at radius 1 is 1.21 bits per heavy atom. The maximum Gasteiger partial charge on any atom is 0.267 e. The van der Waals surface area contributed by atoms with Crippen LogP contribution in [0.25, 0.3) is 6.08 Å². The Balaban J connectivity index is 2.21. The molecule has 2 aromatic rings. The Morgan fingerprint density at radius 2 is 1.95 bits per heavy atom. The maximum atomic E-state index is 11.0. The standard InChI is InChI=1S/C14H12N2O3/c17-14(16-18)6-5-11-3-1-2-4-13(11)19-12-7-9-15-10-8-12/h1-10,18H,(H,16,17)/b6-5+. The lowest BCUT2D eigenvalue weighted by molar-refractivity contribution is -0.124. The predicted molar refractivity (Wildman–Crippen MR) is 69.7 cm³/mol. The van der Waals surface area contributed by atoms with Gasteiger partial charge in [0.15, 0.2) is 0 Å². The molecule has 0 aliphatic carbocycles. The number of para-hydroxylation sites is 1. The van der Waals surface area contributed by atoms with E-state index < -0.39 is 5.91 Å². The van der Waals surface area contributed by atoms with Crippen molar-refractivity contribution >= 4 is 12.0 Å². The van der Waals surface area contributed by atoms with Gasteiger partial charge >= 0.3 is 0 Å². The number of pyridine rings is 1. The molecule has 0 fully saturated rings. The normalized spacial score (nSPS) is 10.4. The third kappa shape index (κ3) is 3.65. The van der Waals surface area contributed by atoms with Gasteiger partial charge in [-0.2, -0.15) is 0 Å². The molecule has 5 heteroatoms. The van der Waals surface area contributed by atoms with E-state index in [4.69, 9.17) is 9.94 Å². The molecular weight excluding hydrogens is 244 g/mol. The molecule has 5 nitrogen and oxygen atoms in total. The Labute approximate surface area is 110 Å². The van der Waals surface area contributed by atoms with Gasteiger partial charge in [-0.15, -0.1) is 0 Å². The molecule has 19 heavy (non-hydrogen) atoms. The first-order valence-electron chi connectivity index (χ1n) is 5.58. The Hall–Kier alpha value is -2.66. The number of benzene rings is 1. The van der Waals surface area contributed by atoms with E-state index in [2.05, 4.69) is 4.98 Å². The molecule has 2 N–H and O–H groups in total. The van der Waals surface area contributed by atoms with E-state index in [1.54, 1.807) is 42.7 Å². The average molecular weight is 256 g/mol. The second kappa shape index (κ2) is 6.32. The summed E-state index contributed by atoms with van der Waals surface area (Å²) in [4.78, 5) is 14.9. The number of ether oxygens (including phenoxy) is 1. The number of carbonyl (C=O) groups is 1. The highest BCUT2D eigenvalue weighted by molar-refractivity contribution is 5.91. The van der Waals surface area contributed by atoms with Crippen LogP contribution in [-0.2, 0) is 4.79 Å². The number of hydrogen-bond acceptors (Lipinski definition) is 4. The lowest BCUT2D eigenvalue weighted by Gasteiger charge is -2.08. The van der Waals surface area contributed by atoms with Crippen molar-refractivity contribution in [1.29, 1.82) is 0 Å². The van der Waals surface area contributed by atoms with Crippen LogP contribution in [0.4, 0.5) is 0 Å². The van der Waals surface area contributed by atoms with Crippen LogP contribution in [0.2, 0.25) is 0 Å². The highest BCUT2D eigenvalue weighted by atomic mass is 16.5. The van der Waals surface area contributed by atoms with Crippen molar-refractivity contribution in [3.05, 3.63) is 60.4 Å². The van der Waals surface area contributed by atoms with Crippen molar-refractivity contribution in [2.24, 2.45) is 0 Å². The Morgan fingerprint density at radius 3 is 2.68 bits per heavy atom. The summed E-state index contributed by atoms with van der Waals surface area (Å²) in [5.74, 6) is 0.664. The number of amides is 1. The van der Waals surface area contributed by atoms with Gasteiger partial charge in [0.2, 0.25) is 0 Å².